The topological polar surface area (TPSA) is 24.5 Å². The summed E-state index contributed by atoms with van der Waals surface area (Å²) >= 11 is 0. The summed E-state index contributed by atoms with van der Waals surface area (Å²) < 4.78 is 5.77. The fourth-order valence-corrected chi connectivity index (χ4v) is 2.50. The minimum Gasteiger partial charge on any atom is -0.380 e. The Kier molecular flexibility index (Phi) is 10.7. The molecule has 0 spiro atoms. The molecule has 17 heavy (non-hydrogen) atoms. The molecule has 2 aliphatic rings. The Labute approximate surface area is 117 Å². The first-order valence-corrected chi connectivity index (χ1v) is 6.46. The fourth-order valence-electron chi connectivity index (χ4n) is 2.50. The van der Waals surface area contributed by atoms with E-state index in [4.69, 9.17) is 4.74 Å². The number of piperidine rings is 1. The van der Waals surface area contributed by atoms with Crippen LogP contribution in [0.25, 0.3) is 0 Å². The molecule has 0 unspecified atom stereocenters. The van der Waals surface area contributed by atoms with E-state index in [2.05, 4.69) is 10.2 Å². The molecule has 0 aromatic rings. The van der Waals surface area contributed by atoms with Crippen LogP contribution >= 0.6 is 24.8 Å². The smallest absolute Gasteiger partial charge is 0.0593 e. The minimum absolute atomic E-state index is 0. The summed E-state index contributed by atoms with van der Waals surface area (Å²) in [6.07, 6.45) is 5.36. The zero-order valence-electron chi connectivity index (χ0n) is 10.5. The third-order valence-electron chi connectivity index (χ3n) is 3.56. The second-order valence-corrected chi connectivity index (χ2v) is 4.82. The van der Waals surface area contributed by atoms with E-state index in [1.165, 1.54) is 51.9 Å². The maximum absolute atomic E-state index is 5.77. The predicted octanol–water partition coefficient (Wildman–Crippen LogP) is 1.94. The lowest BCUT2D eigenvalue weighted by Gasteiger charge is -2.23. The van der Waals surface area contributed by atoms with E-state index in [1.54, 1.807) is 0 Å². The van der Waals surface area contributed by atoms with Crippen molar-refractivity contribution in [2.24, 2.45) is 5.92 Å². The van der Waals surface area contributed by atoms with Crippen molar-refractivity contribution in [2.45, 2.75) is 25.7 Å². The lowest BCUT2D eigenvalue weighted by Crippen LogP contribution is -2.31. The maximum Gasteiger partial charge on any atom is 0.0593 e. The van der Waals surface area contributed by atoms with Gasteiger partial charge >= 0.3 is 0 Å². The van der Waals surface area contributed by atoms with Crippen molar-refractivity contribution in [2.75, 3.05) is 45.9 Å². The molecule has 0 bridgehead atoms. The average molecular weight is 285 g/mol. The first-order chi connectivity index (χ1) is 7.45. The van der Waals surface area contributed by atoms with Gasteiger partial charge in [0.25, 0.3) is 0 Å². The number of nitrogens with one attached hydrogen (secondary N) is 1. The number of nitrogens with zero attached hydrogens (tertiary/aromatic N) is 1. The van der Waals surface area contributed by atoms with Crippen molar-refractivity contribution in [3.8, 4) is 0 Å². The van der Waals surface area contributed by atoms with E-state index in [0.717, 1.165) is 25.7 Å². The standard InChI is InChI=1S/C12H24N2O.2ClH/c1-2-8-14(7-1)9-10-15-11-12-3-5-13-6-4-12;;/h12-13H,1-11H2;2*1H. The van der Waals surface area contributed by atoms with Crippen LogP contribution in [0.3, 0.4) is 0 Å². The van der Waals surface area contributed by atoms with Gasteiger partial charge in [-0.3, -0.25) is 0 Å². The fraction of sp³-hybridized carbons (Fsp3) is 1.00. The number of hydrogen-bond acceptors (Lipinski definition) is 3. The number of likely N-dealkylation sites (tertiary alicyclic amines) is 1. The second-order valence-electron chi connectivity index (χ2n) is 4.82. The van der Waals surface area contributed by atoms with Crippen molar-refractivity contribution >= 4 is 24.8 Å². The second kappa shape index (κ2) is 10.4. The van der Waals surface area contributed by atoms with Crippen LogP contribution in [0, 0.1) is 5.92 Å². The van der Waals surface area contributed by atoms with Crippen LogP contribution in [0.15, 0.2) is 0 Å². The molecule has 0 atom stereocenters. The molecule has 2 fully saturated rings. The molecular formula is C12H26Cl2N2O. The van der Waals surface area contributed by atoms with Crippen molar-refractivity contribution in [1.29, 1.82) is 0 Å². The highest BCUT2D eigenvalue weighted by Crippen LogP contribution is 2.12. The molecule has 2 heterocycles. The number of hydrogen-bond donors (Lipinski definition) is 1. The summed E-state index contributed by atoms with van der Waals surface area (Å²) in [5, 5.41) is 3.39. The minimum atomic E-state index is 0. The summed E-state index contributed by atoms with van der Waals surface area (Å²) in [5.41, 5.74) is 0. The average Bonchev–Trinajstić information content (AvgIpc) is 2.79. The van der Waals surface area contributed by atoms with Gasteiger partial charge in [0.15, 0.2) is 0 Å². The van der Waals surface area contributed by atoms with Gasteiger partial charge in [0.2, 0.25) is 0 Å². The van der Waals surface area contributed by atoms with Gasteiger partial charge in [0.1, 0.15) is 0 Å². The van der Waals surface area contributed by atoms with Gasteiger partial charge < -0.3 is 15.0 Å². The van der Waals surface area contributed by atoms with Crippen molar-refractivity contribution < 1.29 is 4.74 Å². The molecule has 0 aromatic heterocycles. The maximum atomic E-state index is 5.77. The largest absolute Gasteiger partial charge is 0.380 e. The molecular weight excluding hydrogens is 259 g/mol. The highest BCUT2D eigenvalue weighted by Gasteiger charge is 2.14. The van der Waals surface area contributed by atoms with E-state index in [0.29, 0.717) is 0 Å². The normalized spacial score (nSPS) is 21.9. The lowest BCUT2D eigenvalue weighted by molar-refractivity contribution is 0.0733. The van der Waals surface area contributed by atoms with Crippen molar-refractivity contribution in [3.63, 3.8) is 0 Å². The van der Waals surface area contributed by atoms with Gasteiger partial charge in [-0.1, -0.05) is 0 Å². The van der Waals surface area contributed by atoms with Crippen LogP contribution in [0.2, 0.25) is 0 Å². The van der Waals surface area contributed by atoms with Crippen molar-refractivity contribution in [1.82, 2.24) is 10.2 Å². The third-order valence-corrected chi connectivity index (χ3v) is 3.56. The summed E-state index contributed by atoms with van der Waals surface area (Å²) in [4.78, 5) is 2.52. The monoisotopic (exact) mass is 284 g/mol. The molecule has 2 saturated heterocycles. The van der Waals surface area contributed by atoms with Gasteiger partial charge in [-0.15, -0.1) is 24.8 Å². The van der Waals surface area contributed by atoms with Crippen LogP contribution in [-0.4, -0.2) is 50.8 Å². The van der Waals surface area contributed by atoms with Gasteiger partial charge in [-0.05, 0) is 57.8 Å². The van der Waals surface area contributed by atoms with E-state index >= 15 is 0 Å². The quantitative estimate of drug-likeness (QED) is 0.781. The highest BCUT2D eigenvalue weighted by molar-refractivity contribution is 5.85. The van der Waals surface area contributed by atoms with Gasteiger partial charge in [0.05, 0.1) is 6.61 Å². The SMILES string of the molecule is C1CCN(CCOCC2CCNCC2)C1.Cl.Cl. The first kappa shape index (κ1) is 17.5. The Balaban J connectivity index is 0.00000128. The van der Waals surface area contributed by atoms with Crippen LogP contribution in [0.4, 0.5) is 0 Å². The Morgan fingerprint density at radius 1 is 1.06 bits per heavy atom. The summed E-state index contributed by atoms with van der Waals surface area (Å²) in [5.74, 6) is 0.810. The van der Waals surface area contributed by atoms with Gasteiger partial charge in [-0.25, -0.2) is 0 Å². The molecule has 104 valence electrons. The number of ether oxygens (including phenoxy) is 1. The van der Waals surface area contributed by atoms with Gasteiger partial charge in [-0.2, -0.15) is 0 Å². The molecule has 0 radical (unpaired) electrons. The third kappa shape index (κ3) is 6.82. The molecule has 0 saturated carbocycles. The van der Waals surface area contributed by atoms with E-state index in [1.807, 2.05) is 0 Å². The molecule has 5 heteroatoms. The van der Waals surface area contributed by atoms with Crippen LogP contribution < -0.4 is 5.32 Å². The van der Waals surface area contributed by atoms with Crippen LogP contribution in [0.5, 0.6) is 0 Å². The van der Waals surface area contributed by atoms with Crippen molar-refractivity contribution in [3.05, 3.63) is 0 Å². The predicted molar refractivity (Wildman–Crippen MR) is 76.6 cm³/mol. The zero-order chi connectivity index (χ0) is 10.3. The summed E-state index contributed by atoms with van der Waals surface area (Å²) in [6.45, 7) is 8.00. The van der Waals surface area contributed by atoms with Crippen LogP contribution in [-0.2, 0) is 4.74 Å². The Morgan fingerprint density at radius 3 is 2.35 bits per heavy atom. The summed E-state index contributed by atoms with van der Waals surface area (Å²) in [7, 11) is 0. The van der Waals surface area contributed by atoms with E-state index in [9.17, 15) is 0 Å². The Bertz CT molecular complexity index is 172. The molecule has 0 aliphatic carbocycles. The molecule has 2 aliphatic heterocycles. The molecule has 3 nitrogen and oxygen atoms in total. The molecule has 1 N–H and O–H groups in total. The zero-order valence-corrected chi connectivity index (χ0v) is 12.2. The lowest BCUT2D eigenvalue weighted by atomic mass is 9.99. The van der Waals surface area contributed by atoms with E-state index < -0.39 is 0 Å². The molecule has 0 amide bonds. The summed E-state index contributed by atoms with van der Waals surface area (Å²) in [6, 6.07) is 0. The van der Waals surface area contributed by atoms with Gasteiger partial charge in [0, 0.05) is 13.2 Å². The molecule has 0 aromatic carbocycles. The Morgan fingerprint density at radius 2 is 1.71 bits per heavy atom. The number of halogens is 2. The highest BCUT2D eigenvalue weighted by atomic mass is 35.5. The first-order valence-electron chi connectivity index (χ1n) is 6.46. The molecule has 2 rings (SSSR count). The van der Waals surface area contributed by atoms with E-state index in [-0.39, 0.29) is 24.8 Å². The number of rotatable bonds is 5. The van der Waals surface area contributed by atoms with Crippen LogP contribution in [0.1, 0.15) is 25.7 Å². The Hall–Kier alpha value is 0.460.